The first-order valence-electron chi connectivity index (χ1n) is 4.83. The molecular weight excluding hydrogens is 176 g/mol. The maximum absolute atomic E-state index is 11.2. The lowest BCUT2D eigenvalue weighted by Crippen LogP contribution is -2.18. The molecule has 1 aromatic heterocycles. The number of aromatic nitrogens is 1. The summed E-state index contributed by atoms with van der Waals surface area (Å²) in [6, 6.07) is 1.90. The lowest BCUT2D eigenvalue weighted by molar-refractivity contribution is 0.101. The van der Waals surface area contributed by atoms with Gasteiger partial charge < -0.3 is 9.47 Å². The second-order valence-corrected chi connectivity index (χ2v) is 3.87. The molecule has 0 spiro atoms. The number of rotatable bonds is 4. The number of hydrogen-bond acceptors (Lipinski definition) is 2. The van der Waals surface area contributed by atoms with Crippen molar-refractivity contribution in [3.63, 3.8) is 0 Å². The van der Waals surface area contributed by atoms with E-state index in [0.29, 0.717) is 0 Å². The maximum atomic E-state index is 11.2. The minimum atomic E-state index is 0.145. The van der Waals surface area contributed by atoms with E-state index in [0.717, 1.165) is 24.3 Å². The molecule has 0 N–H and O–H groups in total. The van der Waals surface area contributed by atoms with Crippen LogP contribution >= 0.6 is 0 Å². The highest BCUT2D eigenvalue weighted by Crippen LogP contribution is 2.10. The molecule has 0 unspecified atom stereocenters. The van der Waals surface area contributed by atoms with E-state index in [1.165, 1.54) is 0 Å². The van der Waals surface area contributed by atoms with Crippen LogP contribution in [0, 0.1) is 6.92 Å². The summed E-state index contributed by atoms with van der Waals surface area (Å²) in [5.74, 6) is 0.145. The molecule has 0 fully saturated rings. The second kappa shape index (κ2) is 4.42. The predicted molar refractivity (Wildman–Crippen MR) is 57.7 cm³/mol. The molecule has 1 heterocycles. The largest absolute Gasteiger partial charge is 0.350 e. The van der Waals surface area contributed by atoms with Gasteiger partial charge in [-0.15, -0.1) is 0 Å². The van der Waals surface area contributed by atoms with Gasteiger partial charge in [0.25, 0.3) is 0 Å². The first kappa shape index (κ1) is 11.0. The quantitative estimate of drug-likeness (QED) is 0.680. The molecule has 14 heavy (non-hydrogen) atoms. The van der Waals surface area contributed by atoms with E-state index in [4.69, 9.17) is 0 Å². The normalized spacial score (nSPS) is 10.9. The molecular formula is C11H18N2O. The van der Waals surface area contributed by atoms with Gasteiger partial charge in [0.15, 0.2) is 5.78 Å². The van der Waals surface area contributed by atoms with E-state index in [9.17, 15) is 4.79 Å². The highest BCUT2D eigenvalue weighted by molar-refractivity contribution is 5.95. The van der Waals surface area contributed by atoms with E-state index in [-0.39, 0.29) is 5.78 Å². The Kier molecular flexibility index (Phi) is 3.47. The summed E-state index contributed by atoms with van der Waals surface area (Å²) in [7, 11) is 4.09. The molecule has 3 nitrogen and oxygen atoms in total. The van der Waals surface area contributed by atoms with Gasteiger partial charge in [-0.2, -0.15) is 0 Å². The van der Waals surface area contributed by atoms with Gasteiger partial charge in [-0.3, -0.25) is 4.79 Å². The highest BCUT2D eigenvalue weighted by atomic mass is 16.1. The van der Waals surface area contributed by atoms with Crippen molar-refractivity contribution in [2.24, 2.45) is 0 Å². The fourth-order valence-electron chi connectivity index (χ4n) is 1.47. The van der Waals surface area contributed by atoms with Crippen molar-refractivity contribution >= 4 is 5.78 Å². The standard InChI is InChI=1S/C11H18N2O/c1-9-11(10(2)14)5-6-13(9)8-7-12(3)4/h5-6H,7-8H2,1-4H3. The topological polar surface area (TPSA) is 25.2 Å². The van der Waals surface area contributed by atoms with Gasteiger partial charge in [-0.1, -0.05) is 0 Å². The molecule has 3 heteroatoms. The fraction of sp³-hybridized carbons (Fsp3) is 0.545. The molecule has 0 aromatic carbocycles. The van der Waals surface area contributed by atoms with E-state index in [1.807, 2.05) is 33.3 Å². The molecule has 1 aromatic rings. The Morgan fingerprint density at radius 3 is 2.57 bits per heavy atom. The van der Waals surface area contributed by atoms with Crippen molar-refractivity contribution in [3.05, 3.63) is 23.5 Å². The lowest BCUT2D eigenvalue weighted by atomic mass is 10.2. The van der Waals surface area contributed by atoms with Crippen LogP contribution in [0.2, 0.25) is 0 Å². The van der Waals surface area contributed by atoms with E-state index < -0.39 is 0 Å². The van der Waals surface area contributed by atoms with E-state index >= 15 is 0 Å². The summed E-state index contributed by atoms with van der Waals surface area (Å²) < 4.78 is 2.12. The molecule has 78 valence electrons. The second-order valence-electron chi connectivity index (χ2n) is 3.87. The lowest BCUT2D eigenvalue weighted by Gasteiger charge is -2.11. The van der Waals surface area contributed by atoms with Crippen LogP contribution in [-0.4, -0.2) is 35.9 Å². The van der Waals surface area contributed by atoms with Crippen LogP contribution < -0.4 is 0 Å². The zero-order valence-electron chi connectivity index (χ0n) is 9.37. The minimum Gasteiger partial charge on any atom is -0.350 e. The SMILES string of the molecule is CC(=O)c1ccn(CCN(C)C)c1C. The van der Waals surface area contributed by atoms with Crippen molar-refractivity contribution in [2.45, 2.75) is 20.4 Å². The molecule has 0 bridgehead atoms. The Balaban J connectivity index is 2.74. The zero-order valence-corrected chi connectivity index (χ0v) is 9.37. The molecule has 1 rings (SSSR count). The van der Waals surface area contributed by atoms with Crippen LogP contribution in [0.4, 0.5) is 0 Å². The molecule has 0 aliphatic rings. The van der Waals surface area contributed by atoms with E-state index in [1.54, 1.807) is 6.92 Å². The Morgan fingerprint density at radius 2 is 2.14 bits per heavy atom. The molecule has 0 radical (unpaired) electrons. The Labute approximate surface area is 85.3 Å². The number of nitrogens with zero attached hydrogens (tertiary/aromatic N) is 2. The first-order chi connectivity index (χ1) is 6.52. The third-order valence-corrected chi connectivity index (χ3v) is 2.41. The zero-order chi connectivity index (χ0) is 10.7. The number of hydrogen-bond donors (Lipinski definition) is 0. The van der Waals surface area contributed by atoms with Crippen LogP contribution in [0.3, 0.4) is 0 Å². The van der Waals surface area contributed by atoms with Crippen LogP contribution in [0.1, 0.15) is 23.0 Å². The summed E-state index contributed by atoms with van der Waals surface area (Å²) in [6.07, 6.45) is 1.98. The summed E-state index contributed by atoms with van der Waals surface area (Å²) in [4.78, 5) is 13.3. The van der Waals surface area contributed by atoms with Crippen molar-refractivity contribution in [3.8, 4) is 0 Å². The average molecular weight is 194 g/mol. The molecule has 0 amide bonds. The third-order valence-electron chi connectivity index (χ3n) is 2.41. The van der Waals surface area contributed by atoms with Crippen LogP contribution in [-0.2, 0) is 6.54 Å². The Bertz CT molecular complexity index is 326. The van der Waals surface area contributed by atoms with Crippen molar-refractivity contribution < 1.29 is 4.79 Å². The van der Waals surface area contributed by atoms with Crippen LogP contribution in [0.15, 0.2) is 12.3 Å². The van der Waals surface area contributed by atoms with Gasteiger partial charge in [0.05, 0.1) is 0 Å². The van der Waals surface area contributed by atoms with Crippen molar-refractivity contribution in [2.75, 3.05) is 20.6 Å². The summed E-state index contributed by atoms with van der Waals surface area (Å²) in [5, 5.41) is 0. The van der Waals surface area contributed by atoms with Gasteiger partial charge in [0, 0.05) is 30.5 Å². The number of ketones is 1. The first-order valence-corrected chi connectivity index (χ1v) is 4.83. The van der Waals surface area contributed by atoms with Gasteiger partial charge in [0.2, 0.25) is 0 Å². The molecule has 0 saturated heterocycles. The minimum absolute atomic E-state index is 0.145. The van der Waals surface area contributed by atoms with Gasteiger partial charge >= 0.3 is 0 Å². The number of carbonyl (C=O) groups excluding carboxylic acids is 1. The van der Waals surface area contributed by atoms with E-state index in [2.05, 4.69) is 9.47 Å². The van der Waals surface area contributed by atoms with Crippen LogP contribution in [0.5, 0.6) is 0 Å². The third kappa shape index (κ3) is 2.45. The summed E-state index contributed by atoms with van der Waals surface area (Å²) in [6.45, 7) is 5.53. The smallest absolute Gasteiger partial charge is 0.161 e. The van der Waals surface area contributed by atoms with Crippen molar-refractivity contribution in [1.82, 2.24) is 9.47 Å². The predicted octanol–water partition coefficient (Wildman–Crippen LogP) is 1.56. The fourth-order valence-corrected chi connectivity index (χ4v) is 1.47. The summed E-state index contributed by atoms with van der Waals surface area (Å²) >= 11 is 0. The number of Topliss-reactive ketones (excluding diaryl/α,β-unsaturated/α-hetero) is 1. The van der Waals surface area contributed by atoms with Gasteiger partial charge in [-0.25, -0.2) is 0 Å². The maximum Gasteiger partial charge on any atom is 0.161 e. The molecule has 0 aliphatic heterocycles. The average Bonchev–Trinajstić information content (AvgIpc) is 2.43. The summed E-state index contributed by atoms with van der Waals surface area (Å²) in [5.41, 5.74) is 1.91. The Hall–Kier alpha value is -1.09. The van der Waals surface area contributed by atoms with Crippen LogP contribution in [0.25, 0.3) is 0 Å². The highest BCUT2D eigenvalue weighted by Gasteiger charge is 2.07. The monoisotopic (exact) mass is 194 g/mol. The molecule has 0 saturated carbocycles. The number of likely N-dealkylation sites (N-methyl/N-ethyl adjacent to an activating group) is 1. The Morgan fingerprint density at radius 1 is 1.50 bits per heavy atom. The molecule has 0 atom stereocenters. The van der Waals surface area contributed by atoms with Gasteiger partial charge in [-0.05, 0) is 34.0 Å². The molecule has 0 aliphatic carbocycles. The van der Waals surface area contributed by atoms with Gasteiger partial charge in [0.1, 0.15) is 0 Å². The number of carbonyl (C=O) groups is 1. The van der Waals surface area contributed by atoms with Crippen molar-refractivity contribution in [1.29, 1.82) is 0 Å².